The Balaban J connectivity index is 0.000000189. The van der Waals surface area contributed by atoms with Crippen LogP contribution in [0.5, 0.6) is 0 Å². The Morgan fingerprint density at radius 3 is 1.88 bits per heavy atom. The lowest BCUT2D eigenvalue weighted by Gasteiger charge is -2.06. The van der Waals surface area contributed by atoms with Crippen LogP contribution < -0.4 is 5.73 Å². The minimum atomic E-state index is -4.47. The molecule has 0 spiro atoms. The molecular formula is C21H21N3O7S2. The average molecular weight is 492 g/mol. The molecule has 0 amide bonds. The number of rotatable bonds is 6. The standard InChI is InChI=1S/C11H13N3O.C10H8O6S2/c12-9-4-5-10(14-8-9)2-1-3-11-13-6-7-15-11;11-17(12,13)9-5-1-3-7-8(9)4-2-6-10(7)18(14,15)16/h4-8H,1-3,12H2;1-6H,(H,11,12,13)(H,14,15,16). The predicted molar refractivity (Wildman–Crippen MR) is 121 cm³/mol. The smallest absolute Gasteiger partial charge is 0.295 e. The Labute approximate surface area is 190 Å². The Kier molecular flexibility index (Phi) is 7.43. The molecule has 12 heteroatoms. The Morgan fingerprint density at radius 1 is 0.818 bits per heavy atom. The molecule has 0 aliphatic carbocycles. The van der Waals surface area contributed by atoms with Gasteiger partial charge >= 0.3 is 0 Å². The molecule has 0 aliphatic heterocycles. The Hall–Kier alpha value is -3.32. The van der Waals surface area contributed by atoms with Gasteiger partial charge < -0.3 is 10.2 Å². The van der Waals surface area contributed by atoms with E-state index in [1.807, 2.05) is 12.1 Å². The van der Waals surface area contributed by atoms with Gasteiger partial charge in [0.25, 0.3) is 20.2 Å². The number of benzene rings is 2. The zero-order valence-corrected chi connectivity index (χ0v) is 18.8. The van der Waals surface area contributed by atoms with E-state index in [9.17, 15) is 16.8 Å². The Morgan fingerprint density at radius 2 is 1.42 bits per heavy atom. The van der Waals surface area contributed by atoms with Gasteiger partial charge in [0, 0.05) is 22.9 Å². The van der Waals surface area contributed by atoms with Crippen LogP contribution in [0.15, 0.2) is 81.4 Å². The van der Waals surface area contributed by atoms with E-state index in [2.05, 4.69) is 9.97 Å². The fourth-order valence-electron chi connectivity index (χ4n) is 3.08. The lowest BCUT2D eigenvalue weighted by molar-refractivity contribution is 0.481. The molecule has 0 radical (unpaired) electrons. The first-order valence-corrected chi connectivity index (χ1v) is 12.5. The number of aromatic nitrogens is 2. The van der Waals surface area contributed by atoms with Crippen molar-refractivity contribution in [1.82, 2.24) is 9.97 Å². The van der Waals surface area contributed by atoms with Crippen LogP contribution in [0.1, 0.15) is 18.0 Å². The van der Waals surface area contributed by atoms with Gasteiger partial charge in [-0.05, 0) is 37.1 Å². The molecular weight excluding hydrogens is 470 g/mol. The number of fused-ring (bicyclic) bond motifs is 1. The van der Waals surface area contributed by atoms with E-state index in [-0.39, 0.29) is 10.8 Å². The van der Waals surface area contributed by atoms with Crippen LogP contribution in [0.3, 0.4) is 0 Å². The van der Waals surface area contributed by atoms with Crippen molar-refractivity contribution in [3.8, 4) is 0 Å². The number of anilines is 1. The highest BCUT2D eigenvalue weighted by atomic mass is 32.2. The number of hydrogen-bond acceptors (Lipinski definition) is 8. The van der Waals surface area contributed by atoms with Crippen molar-refractivity contribution in [3.05, 3.63) is 78.8 Å². The highest BCUT2D eigenvalue weighted by molar-refractivity contribution is 7.86. The zero-order chi connectivity index (χ0) is 24.1. The highest BCUT2D eigenvalue weighted by Crippen LogP contribution is 2.28. The minimum absolute atomic E-state index is 0.0233. The maximum absolute atomic E-state index is 11.2. The number of hydrogen-bond donors (Lipinski definition) is 3. The van der Waals surface area contributed by atoms with Gasteiger partial charge in [-0.2, -0.15) is 16.8 Å². The van der Waals surface area contributed by atoms with E-state index in [1.165, 1.54) is 24.3 Å². The van der Waals surface area contributed by atoms with Gasteiger partial charge in [-0.25, -0.2) is 4.98 Å². The molecule has 0 fully saturated rings. The van der Waals surface area contributed by atoms with E-state index in [0.717, 1.165) is 43.0 Å². The van der Waals surface area contributed by atoms with Crippen LogP contribution in [0.2, 0.25) is 0 Å². The third-order valence-electron chi connectivity index (χ3n) is 4.55. The van der Waals surface area contributed by atoms with E-state index >= 15 is 0 Å². The third-order valence-corrected chi connectivity index (χ3v) is 6.38. The normalized spacial score (nSPS) is 11.7. The molecule has 0 saturated carbocycles. The molecule has 4 rings (SSSR count). The fraction of sp³-hybridized carbons (Fsp3) is 0.143. The summed E-state index contributed by atoms with van der Waals surface area (Å²) in [6.07, 6.45) is 7.69. The van der Waals surface area contributed by atoms with E-state index in [0.29, 0.717) is 5.69 Å². The first kappa shape index (κ1) is 24.3. The van der Waals surface area contributed by atoms with Gasteiger partial charge in [0.1, 0.15) is 16.1 Å². The third kappa shape index (κ3) is 6.58. The highest BCUT2D eigenvalue weighted by Gasteiger charge is 2.19. The molecule has 0 saturated heterocycles. The van der Waals surface area contributed by atoms with E-state index in [1.54, 1.807) is 18.7 Å². The Bertz CT molecular complexity index is 1360. The van der Waals surface area contributed by atoms with Gasteiger partial charge in [-0.15, -0.1) is 0 Å². The molecule has 0 bridgehead atoms. The second-order valence-corrected chi connectivity index (χ2v) is 9.70. The quantitative estimate of drug-likeness (QED) is 0.340. The SMILES string of the molecule is Nc1ccc(CCCc2ncco2)nc1.O=S(=O)(O)c1cccc2c(S(=O)(=O)O)cccc12. The number of aryl methyl sites for hydroxylation is 2. The van der Waals surface area contributed by atoms with Crippen molar-refractivity contribution >= 4 is 36.7 Å². The first-order valence-electron chi connectivity index (χ1n) is 9.61. The molecule has 0 aliphatic rings. The first-order chi connectivity index (χ1) is 15.6. The number of oxazole rings is 1. The molecule has 0 unspecified atom stereocenters. The van der Waals surface area contributed by atoms with Crippen LogP contribution in [0.4, 0.5) is 5.69 Å². The van der Waals surface area contributed by atoms with Crippen LogP contribution in [-0.2, 0) is 33.1 Å². The number of nitrogens with zero attached hydrogens (tertiary/aromatic N) is 2. The second-order valence-electron chi connectivity index (χ2n) is 6.92. The summed E-state index contributed by atoms with van der Waals surface area (Å²) in [7, 11) is -8.94. The summed E-state index contributed by atoms with van der Waals surface area (Å²) in [6.45, 7) is 0. The predicted octanol–water partition coefficient (Wildman–Crippen LogP) is 3.16. The van der Waals surface area contributed by atoms with Crippen LogP contribution in [-0.4, -0.2) is 35.9 Å². The summed E-state index contributed by atoms with van der Waals surface area (Å²) in [5, 5.41) is 0.0465. The maximum atomic E-state index is 11.2. The zero-order valence-electron chi connectivity index (χ0n) is 17.2. The summed E-state index contributed by atoms with van der Waals surface area (Å²) < 4.78 is 67.8. The van der Waals surface area contributed by atoms with Gasteiger partial charge in [-0.3, -0.25) is 14.1 Å². The molecule has 2 aromatic carbocycles. The summed E-state index contributed by atoms with van der Waals surface area (Å²) in [5.41, 5.74) is 7.30. The monoisotopic (exact) mass is 491 g/mol. The van der Waals surface area contributed by atoms with E-state index in [4.69, 9.17) is 19.3 Å². The molecule has 33 heavy (non-hydrogen) atoms. The van der Waals surface area contributed by atoms with Crippen molar-refractivity contribution in [3.63, 3.8) is 0 Å². The molecule has 4 N–H and O–H groups in total. The average Bonchev–Trinajstić information content (AvgIpc) is 3.27. The van der Waals surface area contributed by atoms with Crippen molar-refractivity contribution in [1.29, 1.82) is 0 Å². The van der Waals surface area contributed by atoms with Crippen LogP contribution >= 0.6 is 0 Å². The van der Waals surface area contributed by atoms with Crippen molar-refractivity contribution in [2.75, 3.05) is 5.73 Å². The van der Waals surface area contributed by atoms with Gasteiger partial charge in [0.15, 0.2) is 5.89 Å². The van der Waals surface area contributed by atoms with Crippen molar-refractivity contribution in [2.24, 2.45) is 0 Å². The topological polar surface area (TPSA) is 174 Å². The minimum Gasteiger partial charge on any atom is -0.449 e. The summed E-state index contributed by atoms with van der Waals surface area (Å²) >= 11 is 0. The molecule has 4 aromatic rings. The lowest BCUT2D eigenvalue weighted by atomic mass is 10.1. The number of nitrogen functional groups attached to an aromatic ring is 1. The molecule has 2 aromatic heterocycles. The van der Waals surface area contributed by atoms with Crippen molar-refractivity contribution in [2.45, 2.75) is 29.1 Å². The maximum Gasteiger partial charge on any atom is 0.295 e. The lowest BCUT2D eigenvalue weighted by Crippen LogP contribution is -2.02. The van der Waals surface area contributed by atoms with Crippen molar-refractivity contribution < 1.29 is 30.4 Å². The second kappa shape index (κ2) is 10.1. The van der Waals surface area contributed by atoms with Gasteiger partial charge in [-0.1, -0.05) is 24.3 Å². The fourth-order valence-corrected chi connectivity index (χ4v) is 4.50. The van der Waals surface area contributed by atoms with Crippen LogP contribution in [0.25, 0.3) is 10.8 Å². The molecule has 0 atom stereocenters. The van der Waals surface area contributed by atoms with E-state index < -0.39 is 30.0 Å². The summed E-state index contributed by atoms with van der Waals surface area (Å²) in [5.74, 6) is 0.783. The van der Waals surface area contributed by atoms with Gasteiger partial charge in [0.2, 0.25) is 0 Å². The number of nitrogens with two attached hydrogens (primary N) is 1. The summed E-state index contributed by atoms with van der Waals surface area (Å²) in [4.78, 5) is 7.45. The van der Waals surface area contributed by atoms with Crippen LogP contribution in [0, 0.1) is 0 Å². The van der Waals surface area contributed by atoms with Gasteiger partial charge in [0.05, 0.1) is 18.1 Å². The molecule has 174 valence electrons. The molecule has 10 nitrogen and oxygen atoms in total. The largest absolute Gasteiger partial charge is 0.449 e. The number of pyridine rings is 1. The molecule has 2 heterocycles. The summed E-state index contributed by atoms with van der Waals surface area (Å²) in [6, 6.07) is 11.3.